The van der Waals surface area contributed by atoms with Gasteiger partial charge < -0.3 is 25.2 Å². The van der Waals surface area contributed by atoms with Gasteiger partial charge in [-0.2, -0.15) is 0 Å². The molecule has 2 aliphatic rings. The number of carbonyl (C=O) groups is 1. The highest BCUT2D eigenvalue weighted by Gasteiger charge is 2.40. The Morgan fingerprint density at radius 3 is 2.78 bits per heavy atom. The van der Waals surface area contributed by atoms with Gasteiger partial charge in [0, 0.05) is 19.1 Å². The number of amides is 1. The van der Waals surface area contributed by atoms with Crippen molar-refractivity contribution in [3.63, 3.8) is 0 Å². The zero-order valence-electron chi connectivity index (χ0n) is 11.0. The lowest BCUT2D eigenvalue weighted by Gasteiger charge is -2.43. The first-order valence-corrected chi connectivity index (χ1v) is 6.34. The van der Waals surface area contributed by atoms with Crippen LogP contribution in [0.1, 0.15) is 13.8 Å². The van der Waals surface area contributed by atoms with Crippen molar-refractivity contribution < 1.29 is 19.4 Å². The van der Waals surface area contributed by atoms with E-state index in [9.17, 15) is 9.90 Å². The second kappa shape index (κ2) is 5.13. The lowest BCUT2D eigenvalue weighted by Crippen LogP contribution is -2.58. The number of aliphatic hydroxyl groups is 1. The monoisotopic (exact) mass is 258 g/mol. The minimum absolute atomic E-state index is 0.00910. The van der Waals surface area contributed by atoms with Crippen molar-refractivity contribution in [3.8, 4) is 0 Å². The van der Waals surface area contributed by atoms with Crippen molar-refractivity contribution >= 4 is 5.91 Å². The van der Waals surface area contributed by atoms with Gasteiger partial charge >= 0.3 is 0 Å². The van der Waals surface area contributed by atoms with Crippen molar-refractivity contribution in [1.29, 1.82) is 0 Å². The minimum Gasteiger partial charge on any atom is -0.394 e. The molecule has 0 aromatic heterocycles. The van der Waals surface area contributed by atoms with E-state index in [1.165, 1.54) is 0 Å². The second-order valence-corrected chi connectivity index (χ2v) is 5.71. The zero-order chi connectivity index (χ0) is 13.3. The first-order valence-electron chi connectivity index (χ1n) is 6.34. The number of carbonyl (C=O) groups excluding carboxylic acids is 1. The van der Waals surface area contributed by atoms with Gasteiger partial charge in [0.05, 0.1) is 37.4 Å². The summed E-state index contributed by atoms with van der Waals surface area (Å²) < 4.78 is 10.9. The van der Waals surface area contributed by atoms with Gasteiger partial charge in [-0.05, 0) is 13.8 Å². The Balaban J connectivity index is 2.05. The van der Waals surface area contributed by atoms with Crippen LogP contribution in [0.4, 0.5) is 0 Å². The standard InChI is InChI=1S/C12H22N2O4/c1-12(2)7-14(3-8(4-15)18-12)11(16)9-5-17-6-10(9)13/h8-10,15H,3-7,13H2,1-2H3. The van der Waals surface area contributed by atoms with Crippen LogP contribution < -0.4 is 5.73 Å². The third-order valence-electron chi connectivity index (χ3n) is 3.44. The fraction of sp³-hybridized carbons (Fsp3) is 0.917. The molecule has 6 heteroatoms. The van der Waals surface area contributed by atoms with E-state index in [0.29, 0.717) is 26.3 Å². The van der Waals surface area contributed by atoms with Gasteiger partial charge in [-0.1, -0.05) is 0 Å². The SMILES string of the molecule is CC1(C)CN(C(=O)C2COCC2N)CC(CO)O1. The van der Waals surface area contributed by atoms with E-state index in [0.717, 1.165) is 0 Å². The van der Waals surface area contributed by atoms with E-state index in [2.05, 4.69) is 0 Å². The number of nitrogens with two attached hydrogens (primary N) is 1. The summed E-state index contributed by atoms with van der Waals surface area (Å²) in [4.78, 5) is 14.1. The number of hydrogen-bond acceptors (Lipinski definition) is 5. The predicted octanol–water partition coefficient (Wildman–Crippen LogP) is -1.04. The van der Waals surface area contributed by atoms with E-state index in [1.54, 1.807) is 4.90 Å². The van der Waals surface area contributed by atoms with Gasteiger partial charge in [-0.15, -0.1) is 0 Å². The summed E-state index contributed by atoms with van der Waals surface area (Å²) in [6, 6.07) is -0.226. The molecule has 0 radical (unpaired) electrons. The molecule has 3 N–H and O–H groups in total. The highest BCUT2D eigenvalue weighted by Crippen LogP contribution is 2.24. The first kappa shape index (κ1) is 13.7. The molecule has 6 nitrogen and oxygen atoms in total. The average Bonchev–Trinajstić information content (AvgIpc) is 2.72. The molecule has 2 heterocycles. The van der Waals surface area contributed by atoms with Gasteiger partial charge in [0.15, 0.2) is 0 Å². The Hall–Kier alpha value is -0.690. The van der Waals surface area contributed by atoms with Crippen LogP contribution in [-0.2, 0) is 14.3 Å². The van der Waals surface area contributed by atoms with Crippen molar-refractivity contribution in [2.75, 3.05) is 32.9 Å². The Morgan fingerprint density at radius 1 is 1.50 bits per heavy atom. The van der Waals surface area contributed by atoms with Crippen molar-refractivity contribution in [2.24, 2.45) is 11.7 Å². The van der Waals surface area contributed by atoms with Crippen molar-refractivity contribution in [1.82, 2.24) is 4.90 Å². The summed E-state index contributed by atoms with van der Waals surface area (Å²) in [7, 11) is 0. The Bertz CT molecular complexity index is 321. The molecule has 0 aliphatic carbocycles. The molecule has 3 unspecified atom stereocenters. The summed E-state index contributed by atoms with van der Waals surface area (Å²) >= 11 is 0. The number of nitrogens with zero attached hydrogens (tertiary/aromatic N) is 1. The smallest absolute Gasteiger partial charge is 0.229 e. The predicted molar refractivity (Wildman–Crippen MR) is 64.9 cm³/mol. The molecule has 0 bridgehead atoms. The van der Waals surface area contributed by atoms with Crippen LogP contribution in [0.5, 0.6) is 0 Å². The number of hydrogen-bond donors (Lipinski definition) is 2. The summed E-state index contributed by atoms with van der Waals surface area (Å²) in [6.07, 6.45) is -0.323. The van der Waals surface area contributed by atoms with Gasteiger partial charge in [-0.25, -0.2) is 0 Å². The maximum absolute atomic E-state index is 12.4. The Kier molecular flexibility index (Phi) is 3.91. The number of ether oxygens (including phenoxy) is 2. The van der Waals surface area contributed by atoms with E-state index in [4.69, 9.17) is 15.2 Å². The summed E-state index contributed by atoms with van der Waals surface area (Å²) in [5, 5.41) is 9.23. The van der Waals surface area contributed by atoms with E-state index < -0.39 is 5.60 Å². The number of rotatable bonds is 2. The molecule has 0 aromatic carbocycles. The zero-order valence-corrected chi connectivity index (χ0v) is 11.0. The van der Waals surface area contributed by atoms with Gasteiger partial charge in [0.25, 0.3) is 0 Å². The fourth-order valence-electron chi connectivity index (χ4n) is 2.62. The molecule has 2 aliphatic heterocycles. The van der Waals surface area contributed by atoms with Crippen LogP contribution in [0, 0.1) is 5.92 Å². The van der Waals surface area contributed by atoms with Gasteiger partial charge in [0.1, 0.15) is 0 Å². The van der Waals surface area contributed by atoms with E-state index in [-0.39, 0.29) is 30.6 Å². The van der Waals surface area contributed by atoms with Gasteiger partial charge in [-0.3, -0.25) is 4.79 Å². The molecule has 104 valence electrons. The molecule has 1 amide bonds. The third kappa shape index (κ3) is 2.83. The molecule has 18 heavy (non-hydrogen) atoms. The van der Waals surface area contributed by atoms with Crippen LogP contribution in [-0.4, -0.2) is 66.6 Å². The van der Waals surface area contributed by atoms with Crippen LogP contribution >= 0.6 is 0 Å². The molecule has 0 aromatic rings. The van der Waals surface area contributed by atoms with Crippen LogP contribution in [0.15, 0.2) is 0 Å². The van der Waals surface area contributed by atoms with Crippen LogP contribution in [0.2, 0.25) is 0 Å². The number of morpholine rings is 1. The molecule has 2 saturated heterocycles. The maximum atomic E-state index is 12.4. The molecule has 3 atom stereocenters. The number of aliphatic hydroxyl groups excluding tert-OH is 1. The lowest BCUT2D eigenvalue weighted by atomic mass is 9.99. The normalized spacial score (nSPS) is 35.8. The molecular formula is C12H22N2O4. The first-order chi connectivity index (χ1) is 8.43. The van der Waals surface area contributed by atoms with Crippen molar-refractivity contribution in [3.05, 3.63) is 0 Å². The molecule has 0 saturated carbocycles. The molecule has 0 spiro atoms. The Labute approximate surface area is 107 Å². The topological polar surface area (TPSA) is 85.0 Å². The van der Waals surface area contributed by atoms with Gasteiger partial charge in [0.2, 0.25) is 5.91 Å². The minimum atomic E-state index is -0.440. The summed E-state index contributed by atoms with van der Waals surface area (Å²) in [5.74, 6) is -0.256. The van der Waals surface area contributed by atoms with E-state index >= 15 is 0 Å². The Morgan fingerprint density at radius 2 is 2.22 bits per heavy atom. The molecule has 2 rings (SSSR count). The van der Waals surface area contributed by atoms with E-state index in [1.807, 2.05) is 13.8 Å². The quantitative estimate of drug-likeness (QED) is 0.661. The highest BCUT2D eigenvalue weighted by molar-refractivity contribution is 5.80. The average molecular weight is 258 g/mol. The second-order valence-electron chi connectivity index (χ2n) is 5.71. The van der Waals surface area contributed by atoms with Crippen LogP contribution in [0.3, 0.4) is 0 Å². The summed E-state index contributed by atoms with van der Waals surface area (Å²) in [6.45, 7) is 5.52. The van der Waals surface area contributed by atoms with Crippen LogP contribution in [0.25, 0.3) is 0 Å². The largest absolute Gasteiger partial charge is 0.394 e. The maximum Gasteiger partial charge on any atom is 0.229 e. The fourth-order valence-corrected chi connectivity index (χ4v) is 2.62. The lowest BCUT2D eigenvalue weighted by molar-refractivity contribution is -0.170. The molecule has 2 fully saturated rings. The highest BCUT2D eigenvalue weighted by atomic mass is 16.5. The third-order valence-corrected chi connectivity index (χ3v) is 3.44. The van der Waals surface area contributed by atoms with Crippen molar-refractivity contribution in [2.45, 2.75) is 31.6 Å². The molecular weight excluding hydrogens is 236 g/mol. The summed E-state index contributed by atoms with van der Waals surface area (Å²) in [5.41, 5.74) is 5.43.